The number of carbonyl (C=O) groups is 4. The third-order valence-electron chi connectivity index (χ3n) is 6.92. The number of benzene rings is 1. The average Bonchev–Trinajstić information content (AvgIpc) is 3.56. The van der Waals surface area contributed by atoms with Crippen molar-refractivity contribution in [3.63, 3.8) is 0 Å². The van der Waals surface area contributed by atoms with E-state index in [1.165, 1.54) is 0 Å². The van der Waals surface area contributed by atoms with Gasteiger partial charge in [0.15, 0.2) is 11.4 Å². The molecule has 0 bridgehead atoms. The summed E-state index contributed by atoms with van der Waals surface area (Å²) in [4.78, 5) is 66.6. The van der Waals surface area contributed by atoms with E-state index in [2.05, 4.69) is 10.3 Å². The monoisotopic (exact) mass is 747 g/mol. The SMILES string of the molecule is CC(C)OC(=O)OCOP(=O)(CCN(C[C@H]1CCOC1)C(=O)c1[nH]cc(C(=O)NCc2ccc(F)cc2F)c(=O)c1O)OCOC(=O)OC(C)C. The molecule has 3 N–H and O–H groups in total. The lowest BCUT2D eigenvalue weighted by molar-refractivity contribution is -0.0303. The molecule has 1 atom stereocenters. The molecule has 1 aromatic heterocycles. The lowest BCUT2D eigenvalue weighted by Crippen LogP contribution is -2.39. The molecule has 282 valence electrons. The van der Waals surface area contributed by atoms with Gasteiger partial charge >= 0.3 is 19.9 Å². The molecule has 0 radical (unpaired) electrons. The molecule has 0 aliphatic carbocycles. The molecule has 20 heteroatoms. The van der Waals surface area contributed by atoms with Crippen molar-refractivity contribution in [2.45, 2.75) is 52.9 Å². The van der Waals surface area contributed by atoms with Crippen molar-refractivity contribution >= 4 is 31.7 Å². The Labute approximate surface area is 291 Å². The van der Waals surface area contributed by atoms with Crippen LogP contribution >= 0.6 is 7.60 Å². The van der Waals surface area contributed by atoms with E-state index in [1.807, 2.05) is 0 Å². The number of nitrogens with one attached hydrogen (secondary N) is 2. The van der Waals surface area contributed by atoms with Gasteiger partial charge in [-0.05, 0) is 40.2 Å². The van der Waals surface area contributed by atoms with Crippen molar-refractivity contribution in [1.29, 1.82) is 0 Å². The first-order valence-corrected chi connectivity index (χ1v) is 17.4. The Morgan fingerprint density at radius 1 is 1.06 bits per heavy atom. The van der Waals surface area contributed by atoms with Crippen LogP contribution in [0.25, 0.3) is 0 Å². The quantitative estimate of drug-likeness (QED) is 0.118. The summed E-state index contributed by atoms with van der Waals surface area (Å²) in [7, 11) is -4.34. The molecule has 0 spiro atoms. The van der Waals surface area contributed by atoms with Crippen molar-refractivity contribution < 1.29 is 70.4 Å². The van der Waals surface area contributed by atoms with Crippen LogP contribution in [-0.2, 0) is 43.8 Å². The van der Waals surface area contributed by atoms with Crippen LogP contribution in [-0.4, -0.2) is 97.4 Å². The topological polar surface area (TPSA) is 218 Å². The molecule has 0 saturated carbocycles. The third-order valence-corrected chi connectivity index (χ3v) is 8.67. The van der Waals surface area contributed by atoms with Gasteiger partial charge in [0.2, 0.25) is 19.0 Å². The van der Waals surface area contributed by atoms with Gasteiger partial charge in [-0.15, -0.1) is 0 Å². The number of aromatic hydroxyl groups is 1. The first-order valence-electron chi connectivity index (χ1n) is 15.7. The molecule has 1 aliphatic rings. The van der Waals surface area contributed by atoms with Crippen LogP contribution in [0.4, 0.5) is 18.4 Å². The molecular weight excluding hydrogens is 707 g/mol. The number of hydrogen-bond donors (Lipinski definition) is 3. The second-order valence-electron chi connectivity index (χ2n) is 11.6. The van der Waals surface area contributed by atoms with E-state index in [9.17, 15) is 42.4 Å². The maximum Gasteiger partial charge on any atom is 0.510 e. The number of ether oxygens (including phenoxy) is 5. The lowest BCUT2D eigenvalue weighted by atomic mass is 10.1. The standard InChI is InChI=1S/C31H40F2N3O14P/c1-18(2)49-30(41)45-16-47-51(43,48-17-46-31(42)50-19(3)4)10-8-36(14-20-7-9-44-15-20)29(40)25-27(38)26(37)23(13-34-25)28(39)35-12-21-5-6-22(32)11-24(21)33/h5-6,11,13,18-20,38H,7-10,12,14-17H2,1-4H3,(H,34,37)(H,35,39)/t20-/m1/s1. The van der Waals surface area contributed by atoms with E-state index < -0.39 is 111 Å². The van der Waals surface area contributed by atoms with Crippen molar-refractivity contribution in [1.82, 2.24) is 15.2 Å². The zero-order valence-electron chi connectivity index (χ0n) is 28.3. The summed E-state index contributed by atoms with van der Waals surface area (Å²) in [6, 6.07) is 2.71. The number of amides is 2. The Balaban J connectivity index is 1.78. The van der Waals surface area contributed by atoms with E-state index in [1.54, 1.807) is 27.7 Å². The molecule has 1 aliphatic heterocycles. The van der Waals surface area contributed by atoms with Gasteiger partial charge in [0.25, 0.3) is 11.8 Å². The Hall–Kier alpha value is -4.58. The smallest absolute Gasteiger partial charge is 0.503 e. The van der Waals surface area contributed by atoms with Crippen LogP contribution < -0.4 is 10.7 Å². The predicted octanol–water partition coefficient (Wildman–Crippen LogP) is 4.03. The minimum absolute atomic E-state index is 0.0137. The van der Waals surface area contributed by atoms with Gasteiger partial charge in [-0.3, -0.25) is 28.0 Å². The number of hydrogen-bond acceptors (Lipinski definition) is 14. The molecular formula is C31H40F2N3O14P. The molecule has 2 heterocycles. The number of pyridine rings is 1. The Morgan fingerprint density at radius 3 is 2.24 bits per heavy atom. The zero-order valence-corrected chi connectivity index (χ0v) is 29.2. The molecule has 1 fully saturated rings. The van der Waals surface area contributed by atoms with E-state index in [0.29, 0.717) is 19.1 Å². The van der Waals surface area contributed by atoms with Gasteiger partial charge in [0.1, 0.15) is 17.2 Å². The fourth-order valence-electron chi connectivity index (χ4n) is 4.43. The number of halogens is 2. The summed E-state index contributed by atoms with van der Waals surface area (Å²) in [5.74, 6) is -5.04. The Kier molecular flexibility index (Phi) is 15.3. The summed E-state index contributed by atoms with van der Waals surface area (Å²) in [5, 5.41) is 13.0. The lowest BCUT2D eigenvalue weighted by Gasteiger charge is -2.27. The van der Waals surface area contributed by atoms with Gasteiger partial charge in [-0.25, -0.2) is 18.4 Å². The van der Waals surface area contributed by atoms with Gasteiger partial charge in [-0.2, -0.15) is 0 Å². The largest absolute Gasteiger partial charge is 0.510 e. The van der Waals surface area contributed by atoms with Crippen LogP contribution in [0.5, 0.6) is 5.75 Å². The normalized spacial score (nSPS) is 14.3. The van der Waals surface area contributed by atoms with Crippen LogP contribution in [0, 0.1) is 17.6 Å². The average molecular weight is 748 g/mol. The fraction of sp³-hybridized carbons (Fsp3) is 0.516. The number of rotatable bonds is 17. The number of aromatic amines is 1. The van der Waals surface area contributed by atoms with E-state index in [-0.39, 0.29) is 24.6 Å². The molecule has 1 saturated heterocycles. The highest BCUT2D eigenvalue weighted by Crippen LogP contribution is 2.48. The van der Waals surface area contributed by atoms with Crippen molar-refractivity contribution in [2.75, 3.05) is 46.1 Å². The molecule has 2 aromatic rings. The van der Waals surface area contributed by atoms with Crippen molar-refractivity contribution in [2.24, 2.45) is 5.92 Å². The number of aromatic nitrogens is 1. The van der Waals surface area contributed by atoms with Gasteiger partial charge < -0.3 is 44.0 Å². The number of H-pyrrole nitrogens is 1. The van der Waals surface area contributed by atoms with E-state index in [4.69, 9.17) is 32.7 Å². The van der Waals surface area contributed by atoms with Crippen molar-refractivity contribution in [3.05, 3.63) is 63.1 Å². The highest BCUT2D eigenvalue weighted by atomic mass is 31.2. The summed E-state index contributed by atoms with van der Waals surface area (Å²) in [6.45, 7) is 4.29. The summed E-state index contributed by atoms with van der Waals surface area (Å²) in [6.07, 6.45) is -2.47. The first kappa shape index (κ1) is 40.8. The Morgan fingerprint density at radius 2 is 1.69 bits per heavy atom. The van der Waals surface area contributed by atoms with Gasteiger partial charge in [0.05, 0.1) is 25.0 Å². The van der Waals surface area contributed by atoms with Crippen LogP contribution in [0.15, 0.2) is 29.2 Å². The third kappa shape index (κ3) is 12.9. The summed E-state index contributed by atoms with van der Waals surface area (Å²) >= 11 is 0. The van der Waals surface area contributed by atoms with Crippen LogP contribution in [0.2, 0.25) is 0 Å². The highest BCUT2D eigenvalue weighted by molar-refractivity contribution is 7.53. The number of nitrogens with zero attached hydrogens (tertiary/aromatic N) is 1. The van der Waals surface area contributed by atoms with Crippen LogP contribution in [0.3, 0.4) is 0 Å². The number of carbonyl (C=O) groups excluding carboxylic acids is 4. The maximum absolute atomic E-state index is 14.0. The second-order valence-corrected chi connectivity index (χ2v) is 13.8. The Bertz CT molecular complexity index is 1620. The molecule has 2 amide bonds. The minimum atomic E-state index is -4.34. The van der Waals surface area contributed by atoms with Crippen LogP contribution in [0.1, 0.15) is 60.5 Å². The van der Waals surface area contributed by atoms with Gasteiger partial charge in [0, 0.05) is 50.0 Å². The molecule has 1 aromatic carbocycles. The fourth-order valence-corrected chi connectivity index (χ4v) is 5.68. The molecule has 17 nitrogen and oxygen atoms in total. The predicted molar refractivity (Wildman–Crippen MR) is 171 cm³/mol. The molecule has 51 heavy (non-hydrogen) atoms. The zero-order chi connectivity index (χ0) is 37.7. The maximum atomic E-state index is 14.0. The van der Waals surface area contributed by atoms with E-state index in [0.717, 1.165) is 23.2 Å². The highest BCUT2D eigenvalue weighted by Gasteiger charge is 2.32. The van der Waals surface area contributed by atoms with Gasteiger partial charge in [-0.1, -0.05) is 6.07 Å². The van der Waals surface area contributed by atoms with Crippen molar-refractivity contribution in [3.8, 4) is 5.75 Å². The summed E-state index contributed by atoms with van der Waals surface area (Å²) < 4.78 is 75.9. The molecule has 0 unspecified atom stereocenters. The second kappa shape index (κ2) is 19.1. The minimum Gasteiger partial charge on any atom is -0.503 e. The van der Waals surface area contributed by atoms with E-state index >= 15 is 0 Å². The summed E-state index contributed by atoms with van der Waals surface area (Å²) in [5.41, 5.74) is -2.53. The first-order chi connectivity index (χ1) is 24.1. The molecule has 3 rings (SSSR count).